The lowest BCUT2D eigenvalue weighted by atomic mass is 9.92. The maximum Gasteiger partial charge on any atom is 0.0810 e. The number of rotatable bonds is 0. The second-order valence-electron chi connectivity index (χ2n) is 2.85. The average molecular weight is 179 g/mol. The summed E-state index contributed by atoms with van der Waals surface area (Å²) in [7, 11) is 0. The van der Waals surface area contributed by atoms with Crippen molar-refractivity contribution in [1.82, 2.24) is 0 Å². The highest BCUT2D eigenvalue weighted by Gasteiger charge is 2.12. The van der Waals surface area contributed by atoms with Gasteiger partial charge in [0.05, 0.1) is 5.71 Å². The largest absolute Gasteiger partial charge is 0.219 e. The van der Waals surface area contributed by atoms with Crippen LogP contribution in [0.2, 0.25) is 0 Å². The monoisotopic (exact) mass is 179 g/mol. The van der Waals surface area contributed by atoms with Crippen molar-refractivity contribution in [2.45, 2.75) is 20.8 Å². The molecule has 0 N–H and O–H groups in total. The van der Waals surface area contributed by atoms with Gasteiger partial charge in [0.25, 0.3) is 0 Å². The number of thiol groups is 1. The molecule has 2 heteroatoms. The molecule has 0 aromatic heterocycles. The van der Waals surface area contributed by atoms with E-state index >= 15 is 0 Å². The molecular weight excluding hydrogens is 166 g/mol. The van der Waals surface area contributed by atoms with Gasteiger partial charge < -0.3 is 0 Å². The third-order valence-electron chi connectivity index (χ3n) is 2.03. The summed E-state index contributed by atoms with van der Waals surface area (Å²) in [6.45, 7) is 6.14. The van der Waals surface area contributed by atoms with Crippen LogP contribution in [0, 0.1) is 0 Å². The Bertz CT molecular complexity index is 274. The van der Waals surface area contributed by atoms with E-state index in [0.717, 1.165) is 5.71 Å². The summed E-state index contributed by atoms with van der Waals surface area (Å²) in [5, 5.41) is 0. The lowest BCUT2D eigenvalue weighted by Crippen LogP contribution is -2.08. The highest BCUT2D eigenvalue weighted by atomic mass is 32.1. The molecule has 0 aromatic carbocycles. The van der Waals surface area contributed by atoms with Gasteiger partial charge in [0, 0.05) is 0 Å². The van der Waals surface area contributed by atoms with E-state index in [1.165, 1.54) is 16.7 Å². The number of allylic oxidation sites excluding steroid dienone is 6. The summed E-state index contributed by atoms with van der Waals surface area (Å²) in [6, 6.07) is 0. The van der Waals surface area contributed by atoms with E-state index in [9.17, 15) is 0 Å². The van der Waals surface area contributed by atoms with Crippen LogP contribution in [0.15, 0.2) is 39.3 Å². The Morgan fingerprint density at radius 2 is 1.83 bits per heavy atom. The maximum absolute atomic E-state index is 3.96. The molecule has 1 aliphatic carbocycles. The summed E-state index contributed by atoms with van der Waals surface area (Å²) in [4.78, 5) is 0. The van der Waals surface area contributed by atoms with E-state index < -0.39 is 0 Å². The molecule has 0 radical (unpaired) electrons. The molecule has 1 rings (SSSR count). The van der Waals surface area contributed by atoms with Crippen LogP contribution in [-0.2, 0) is 0 Å². The Hall–Kier alpha value is -0.760. The van der Waals surface area contributed by atoms with E-state index in [1.807, 2.05) is 13.8 Å². The smallest absolute Gasteiger partial charge is 0.0810 e. The first-order valence-corrected chi connectivity index (χ1v) is 4.35. The van der Waals surface area contributed by atoms with Crippen molar-refractivity contribution in [3.8, 4) is 0 Å². The van der Waals surface area contributed by atoms with Crippen molar-refractivity contribution < 1.29 is 0 Å². The normalized spacial score (nSPS) is 24.3. The third kappa shape index (κ3) is 1.53. The molecule has 0 unspecified atom stereocenters. The lowest BCUT2D eigenvalue weighted by molar-refractivity contribution is 1.38. The van der Waals surface area contributed by atoms with Crippen LogP contribution >= 0.6 is 12.8 Å². The molecule has 1 nitrogen and oxygen atoms in total. The van der Waals surface area contributed by atoms with Gasteiger partial charge in [-0.15, -0.1) is 0 Å². The summed E-state index contributed by atoms with van der Waals surface area (Å²) in [6.07, 6.45) is 6.24. The van der Waals surface area contributed by atoms with E-state index in [-0.39, 0.29) is 0 Å². The van der Waals surface area contributed by atoms with Gasteiger partial charge in [-0.05, 0) is 50.3 Å². The molecule has 0 heterocycles. The SMILES string of the molecule is C/C=C1/C(C)=CC=C(C)C1=NS. The van der Waals surface area contributed by atoms with Gasteiger partial charge in [0.1, 0.15) is 0 Å². The fourth-order valence-electron chi connectivity index (χ4n) is 1.32. The molecule has 0 spiro atoms. The maximum atomic E-state index is 3.96. The Labute approximate surface area is 79.1 Å². The topological polar surface area (TPSA) is 12.4 Å². The molecule has 0 amide bonds. The lowest BCUT2D eigenvalue weighted by Gasteiger charge is -2.14. The predicted molar refractivity (Wildman–Crippen MR) is 57.7 cm³/mol. The minimum atomic E-state index is 0.987. The van der Waals surface area contributed by atoms with E-state index in [4.69, 9.17) is 0 Å². The molecule has 0 atom stereocenters. The fourth-order valence-corrected chi connectivity index (χ4v) is 1.58. The number of hydrogen-bond donors (Lipinski definition) is 1. The molecule has 64 valence electrons. The van der Waals surface area contributed by atoms with E-state index in [1.54, 1.807) is 0 Å². The first kappa shape index (κ1) is 9.33. The Kier molecular flexibility index (Phi) is 2.93. The summed E-state index contributed by atoms with van der Waals surface area (Å²) >= 11 is 3.96. The van der Waals surface area contributed by atoms with Gasteiger partial charge in [-0.3, -0.25) is 0 Å². The summed E-state index contributed by atoms with van der Waals surface area (Å²) in [5.41, 5.74) is 4.59. The van der Waals surface area contributed by atoms with Crippen LogP contribution in [0.5, 0.6) is 0 Å². The third-order valence-corrected chi connectivity index (χ3v) is 2.23. The highest BCUT2D eigenvalue weighted by Crippen LogP contribution is 2.22. The molecule has 0 saturated carbocycles. The van der Waals surface area contributed by atoms with Crippen LogP contribution in [0.1, 0.15) is 20.8 Å². The molecule has 12 heavy (non-hydrogen) atoms. The second kappa shape index (κ2) is 3.76. The first-order valence-electron chi connectivity index (χ1n) is 3.95. The molecule has 0 bridgehead atoms. The number of hydrogen-bond acceptors (Lipinski definition) is 2. The zero-order chi connectivity index (χ0) is 9.14. The fraction of sp³-hybridized carbons (Fsp3) is 0.300. The van der Waals surface area contributed by atoms with Crippen LogP contribution in [-0.4, -0.2) is 5.71 Å². The Balaban J connectivity index is 3.20. The first-order chi connectivity index (χ1) is 5.70. The predicted octanol–water partition coefficient (Wildman–Crippen LogP) is 3.12. The molecule has 0 saturated heterocycles. The van der Waals surface area contributed by atoms with Gasteiger partial charge in [0.2, 0.25) is 0 Å². The molecular formula is C10H13NS. The zero-order valence-corrected chi connectivity index (χ0v) is 8.52. The minimum absolute atomic E-state index is 0.987. The number of nitrogens with zero attached hydrogens (tertiary/aromatic N) is 1. The van der Waals surface area contributed by atoms with Crippen LogP contribution in [0.3, 0.4) is 0 Å². The van der Waals surface area contributed by atoms with E-state index in [0.29, 0.717) is 0 Å². The van der Waals surface area contributed by atoms with Gasteiger partial charge in [-0.25, -0.2) is 4.40 Å². The Morgan fingerprint density at radius 3 is 2.25 bits per heavy atom. The minimum Gasteiger partial charge on any atom is -0.219 e. The van der Waals surface area contributed by atoms with Crippen molar-refractivity contribution in [2.24, 2.45) is 4.40 Å². The van der Waals surface area contributed by atoms with Crippen molar-refractivity contribution in [1.29, 1.82) is 0 Å². The van der Waals surface area contributed by atoms with Gasteiger partial charge in [-0.1, -0.05) is 18.2 Å². The molecule has 0 fully saturated rings. The summed E-state index contributed by atoms with van der Waals surface area (Å²) in [5.74, 6) is 0. The van der Waals surface area contributed by atoms with Gasteiger partial charge in [-0.2, -0.15) is 0 Å². The second-order valence-corrected chi connectivity index (χ2v) is 3.05. The van der Waals surface area contributed by atoms with Gasteiger partial charge >= 0.3 is 0 Å². The standard InChI is InChI=1S/C10H13NS/c1-4-9-7(2)5-6-8(3)10(9)11-12/h4-6,12H,1-3H3/b9-4-,11-10?. The Morgan fingerprint density at radius 1 is 1.25 bits per heavy atom. The van der Waals surface area contributed by atoms with Crippen molar-refractivity contribution in [2.75, 3.05) is 0 Å². The van der Waals surface area contributed by atoms with Crippen LogP contribution < -0.4 is 0 Å². The van der Waals surface area contributed by atoms with Crippen LogP contribution in [0.4, 0.5) is 0 Å². The highest BCUT2D eigenvalue weighted by molar-refractivity contribution is 7.79. The molecule has 1 aliphatic rings. The summed E-state index contributed by atoms with van der Waals surface area (Å²) < 4.78 is 3.96. The molecule has 0 aliphatic heterocycles. The van der Waals surface area contributed by atoms with Crippen molar-refractivity contribution >= 4 is 18.5 Å². The van der Waals surface area contributed by atoms with E-state index in [2.05, 4.69) is 42.4 Å². The quantitative estimate of drug-likeness (QED) is 0.548. The zero-order valence-electron chi connectivity index (χ0n) is 7.63. The average Bonchev–Trinajstić information content (AvgIpc) is 2.08. The van der Waals surface area contributed by atoms with Crippen molar-refractivity contribution in [3.05, 3.63) is 34.9 Å². The van der Waals surface area contributed by atoms with Gasteiger partial charge in [0.15, 0.2) is 0 Å². The molecule has 0 aromatic rings. The van der Waals surface area contributed by atoms with Crippen molar-refractivity contribution in [3.63, 3.8) is 0 Å². The van der Waals surface area contributed by atoms with Crippen LogP contribution in [0.25, 0.3) is 0 Å².